The maximum Gasteiger partial charge on any atom is 0.328 e. The Morgan fingerprint density at radius 3 is 1.38 bits per heavy atom. The number of nitrogens with one attached hydrogen (secondary N) is 16. The first-order chi connectivity index (χ1) is 67.5. The van der Waals surface area contributed by atoms with Crippen molar-refractivity contribution in [2.75, 3.05) is 45.1 Å². The van der Waals surface area contributed by atoms with Crippen LogP contribution in [0.3, 0.4) is 0 Å². The van der Waals surface area contributed by atoms with Crippen molar-refractivity contribution in [1.82, 2.24) is 78.3 Å². The van der Waals surface area contributed by atoms with Crippen molar-refractivity contribution < 1.29 is 107 Å². The summed E-state index contributed by atoms with van der Waals surface area (Å²) in [5.41, 5.74) is 21.7. The third kappa shape index (κ3) is 33.2. The fourth-order valence-corrected chi connectivity index (χ4v) is 17.5. The maximum absolute atomic E-state index is 15.7. The molecule has 42 nitrogen and oxygen atoms in total. The van der Waals surface area contributed by atoms with E-state index in [1.165, 1.54) is 0 Å². The number of aliphatic hydroxyl groups excluding tert-OH is 4. The molecule has 16 atom stereocenters. The number of nitrogens with two attached hydrogens (primary N) is 3. The van der Waals surface area contributed by atoms with E-state index in [-0.39, 0.29) is 116 Å². The van der Waals surface area contributed by atoms with E-state index in [0.29, 0.717) is 56.0 Å². The van der Waals surface area contributed by atoms with Crippen LogP contribution in [0.15, 0.2) is 152 Å². The lowest BCUT2D eigenvalue weighted by molar-refractivity contribution is -0.146. The Kier molecular flexibility index (Phi) is 43.0. The van der Waals surface area contributed by atoms with Crippen molar-refractivity contribution in [3.05, 3.63) is 180 Å². The number of aliphatic hydroxyl groups is 4. The number of guanidine groups is 2. The van der Waals surface area contributed by atoms with Gasteiger partial charge in [0, 0.05) is 140 Å². The van der Waals surface area contributed by atoms with Crippen LogP contribution in [-0.2, 0) is 109 Å². The number of carbonyl (C=O) groups excluding carboxylic acids is 14. The lowest BCUT2D eigenvalue weighted by Gasteiger charge is -2.30. The minimum absolute atomic E-state index is 0.0111. The number of likely N-dealkylation sites (tertiary alicyclic amines) is 1. The molecule has 1 saturated heterocycles. The molecule has 10 amide bonds. The number of rotatable bonds is 60. The number of nitrogens with zero attached hydrogens (tertiary/aromatic N) is 1. The van der Waals surface area contributed by atoms with Gasteiger partial charge in [-0.1, -0.05) is 115 Å². The summed E-state index contributed by atoms with van der Waals surface area (Å²) in [6.07, 6.45) is -3.32. The Morgan fingerprint density at radius 1 is 0.433 bits per heavy atom. The smallest absolute Gasteiger partial charge is 0.328 e. The SMILES string of the molecule is C[C@@H](O)[C@H](CC(=O)[C@H](CS)NC(=O)C[C@H](CC(=O)[C@H](Cc1c[nH]c2ccccc12)NC(=O)[C@H](CCCCN)NC(=O)[C@H](Cc1ccccc1)NC(=O)CO)C(=O)N1CCC[C@H]1C(=O)N[C@@H](CCCNC(=N)N)C(=O)N[C@@H](CO)C(=O)O)C(=O)N[C@H](C(=O)C[C@@H](Cc1c[nH]c2ccccc12)C(=O)N[C@@H](Cc1ccccc1)C(=O)C[C@@H](CCCNC(=N)N)C(=O)N[C@@H](Cc1c[nH]c2ccccc12)C(=O)O)[C@@H](C)O. The van der Waals surface area contributed by atoms with Crippen molar-refractivity contribution in [2.45, 2.75) is 208 Å². The summed E-state index contributed by atoms with van der Waals surface area (Å²) in [6.45, 7) is 0.268. The number of carboxylic acid groups (broad SMARTS) is 2. The highest BCUT2D eigenvalue weighted by Crippen LogP contribution is 2.30. The first kappa shape index (κ1) is 110. The van der Waals surface area contributed by atoms with Gasteiger partial charge in [0.2, 0.25) is 59.1 Å². The molecular formula is C98H128N20O22S. The predicted molar refractivity (Wildman–Crippen MR) is 523 cm³/mol. The quantitative estimate of drug-likeness (QED) is 0.0105. The molecule has 43 heteroatoms. The Balaban J connectivity index is 0.983. The van der Waals surface area contributed by atoms with Gasteiger partial charge in [-0.2, -0.15) is 12.6 Å². The molecule has 0 aliphatic carbocycles. The number of hydrogen-bond acceptors (Lipinski definition) is 24. The molecule has 1 aliphatic heterocycles. The second-order valence-electron chi connectivity index (χ2n) is 35.4. The molecule has 0 unspecified atom stereocenters. The van der Waals surface area contributed by atoms with Crippen LogP contribution in [0.4, 0.5) is 0 Å². The number of aliphatic carboxylic acids is 2. The number of Topliss-reactive ketones (excluding diaryl/α,β-unsaturated/α-hetero) is 4. The van der Waals surface area contributed by atoms with Crippen LogP contribution >= 0.6 is 12.6 Å². The van der Waals surface area contributed by atoms with Gasteiger partial charge in [0.25, 0.3) is 0 Å². The van der Waals surface area contributed by atoms with Crippen molar-refractivity contribution in [2.24, 2.45) is 40.9 Å². The van der Waals surface area contributed by atoms with Crippen molar-refractivity contribution in [3.63, 3.8) is 0 Å². The first-order valence-corrected chi connectivity index (χ1v) is 47.5. The molecule has 3 aromatic heterocycles. The van der Waals surface area contributed by atoms with Crippen LogP contribution in [0.5, 0.6) is 0 Å². The summed E-state index contributed by atoms with van der Waals surface area (Å²) < 4.78 is 0. The molecule has 758 valence electrons. The van der Waals surface area contributed by atoms with Gasteiger partial charge in [0.1, 0.15) is 48.9 Å². The average molecular weight is 1970 g/mol. The number of benzene rings is 5. The van der Waals surface area contributed by atoms with E-state index in [4.69, 9.17) is 28.0 Å². The van der Waals surface area contributed by atoms with E-state index in [2.05, 4.69) is 86.1 Å². The number of fused-ring (bicyclic) bond motifs is 3. The maximum atomic E-state index is 15.7. The summed E-state index contributed by atoms with van der Waals surface area (Å²) >= 11 is 4.40. The monoisotopic (exact) mass is 1970 g/mol. The van der Waals surface area contributed by atoms with Gasteiger partial charge in [-0.15, -0.1) is 0 Å². The van der Waals surface area contributed by atoms with Gasteiger partial charge in [-0.25, -0.2) is 9.59 Å². The van der Waals surface area contributed by atoms with E-state index in [0.717, 1.165) is 29.7 Å². The molecule has 0 radical (unpaired) electrons. The highest BCUT2D eigenvalue weighted by atomic mass is 32.1. The highest BCUT2D eigenvalue weighted by molar-refractivity contribution is 7.80. The topological polar surface area (TPSA) is 703 Å². The van der Waals surface area contributed by atoms with E-state index in [9.17, 15) is 73.8 Å². The summed E-state index contributed by atoms with van der Waals surface area (Å²) in [5.74, 6) is -23.8. The standard InChI is InChI=1S/C98H128N20O22S/c1-54(121)67(89(131)117-86(55(2)122)83(126)44-59(40-61-48-106-68-28-12-9-25-64(61)68)88(130)113-73(38-56-20-5-3-6-21-56)80(123)43-58(24-17-35-104-97(100)101)87(129)115-76(95(137)138)42-63-50-108-70-30-14-11-27-66(63)70)47-82(125)78(53-141)110-84(127)46-60(94(136)118-37-19-33-79(118)93(135)112-72(32-18-36-105-98(102)103)91(133)116-77(51-119)96(139)140)45-81(124)74(41-62-49-107-69-29-13-10-26-65(62)69)114-90(132)71(31-15-16-34-99)111-92(134)75(109-85(128)52-120)39-57-22-7-4-8-23-57/h3-14,20-23,25-30,48-50,54-55,58-60,67,71-79,86,106-108,119-122,141H,15-19,24,31-47,51-53,99H2,1-2H3,(H,109,128)(H,110,127)(H,111,134)(H,112,135)(H,113,130)(H,114,132)(H,115,129)(H,116,133)(H,117,131)(H,137,138)(H,139,140)(H4,100,101,104)(H4,102,103,105)/t54-,55-,58-,59-,60+,67+,71+,72+,73+,74+,75+,76+,77+,78+,79+,86+/m1/s1. The van der Waals surface area contributed by atoms with Crippen LogP contribution in [0, 0.1) is 34.5 Å². The molecule has 0 saturated carbocycles. The van der Waals surface area contributed by atoms with Crippen molar-refractivity contribution >= 4 is 151 Å². The Bertz CT molecular complexity index is 5700. The number of carboxylic acids is 2. The Morgan fingerprint density at radius 2 is 0.865 bits per heavy atom. The third-order valence-corrected chi connectivity index (χ3v) is 25.2. The number of amides is 10. The van der Waals surface area contributed by atoms with Crippen molar-refractivity contribution in [3.8, 4) is 0 Å². The molecule has 141 heavy (non-hydrogen) atoms. The largest absolute Gasteiger partial charge is 0.480 e. The zero-order chi connectivity index (χ0) is 103. The Labute approximate surface area is 818 Å². The second kappa shape index (κ2) is 54.9. The third-order valence-electron chi connectivity index (χ3n) is 24.8. The van der Waals surface area contributed by atoms with Gasteiger partial charge in [0.15, 0.2) is 35.1 Å². The van der Waals surface area contributed by atoms with E-state index >= 15 is 33.6 Å². The fourth-order valence-electron chi connectivity index (χ4n) is 17.2. The van der Waals surface area contributed by atoms with Gasteiger partial charge in [0.05, 0.1) is 48.8 Å². The number of para-hydroxylation sites is 3. The molecular weight excluding hydrogens is 1840 g/mol. The van der Waals surface area contributed by atoms with Crippen LogP contribution in [-0.4, -0.2) is 274 Å². The zero-order valence-corrected chi connectivity index (χ0v) is 79.3. The van der Waals surface area contributed by atoms with Gasteiger partial charge >= 0.3 is 11.9 Å². The minimum atomic E-state index is -1.89. The van der Waals surface area contributed by atoms with E-state index in [1.807, 2.05) is 0 Å². The number of unbranched alkanes of at least 4 members (excludes halogenated alkanes) is 1. The zero-order valence-electron chi connectivity index (χ0n) is 78.4. The first-order valence-electron chi connectivity index (χ1n) is 46.8. The van der Waals surface area contributed by atoms with E-state index in [1.54, 1.807) is 152 Å². The van der Waals surface area contributed by atoms with Gasteiger partial charge < -0.3 is 126 Å². The molecule has 1 fully saturated rings. The molecule has 4 heterocycles. The number of carbonyl (C=O) groups is 16. The van der Waals surface area contributed by atoms with Crippen molar-refractivity contribution in [1.29, 1.82) is 10.8 Å². The molecule has 5 aromatic carbocycles. The minimum Gasteiger partial charge on any atom is -0.480 e. The number of hydrogen-bond donors (Lipinski definition) is 26. The number of ketones is 4. The molecule has 0 spiro atoms. The molecule has 0 bridgehead atoms. The van der Waals surface area contributed by atoms with Crippen LogP contribution in [0.25, 0.3) is 32.7 Å². The molecule has 28 N–H and O–H groups in total. The lowest BCUT2D eigenvalue weighted by Crippen LogP contribution is -2.57. The lowest BCUT2D eigenvalue weighted by atomic mass is 9.87. The number of aromatic nitrogens is 3. The number of H-pyrrole nitrogens is 3. The Hall–Kier alpha value is -14.3. The summed E-state index contributed by atoms with van der Waals surface area (Å²) in [7, 11) is 0. The van der Waals surface area contributed by atoms with Crippen LogP contribution in [0.1, 0.15) is 132 Å². The van der Waals surface area contributed by atoms with Gasteiger partial charge in [-0.3, -0.25) is 77.9 Å². The summed E-state index contributed by atoms with van der Waals surface area (Å²) in [5, 5.41) is 109. The second-order valence-corrected chi connectivity index (χ2v) is 35.7. The highest BCUT2D eigenvalue weighted by Gasteiger charge is 2.44. The van der Waals surface area contributed by atoms with E-state index < -0.39 is 247 Å². The van der Waals surface area contributed by atoms with Crippen LogP contribution in [0.2, 0.25) is 0 Å². The van der Waals surface area contributed by atoms with Gasteiger partial charge in [-0.05, 0) is 137 Å². The van der Waals surface area contributed by atoms with Crippen LogP contribution < -0.4 is 75.7 Å². The molecule has 1 aliphatic rings. The molecule has 8 aromatic rings. The molecule has 9 rings (SSSR count). The predicted octanol–water partition coefficient (Wildman–Crippen LogP) is 0.190. The number of thiol groups is 1. The number of aromatic amines is 3. The summed E-state index contributed by atoms with van der Waals surface area (Å²) in [6, 6.07) is 22.4. The average Bonchev–Trinajstić information content (AvgIpc) is 1.72. The summed E-state index contributed by atoms with van der Waals surface area (Å²) in [4.78, 5) is 243. The normalized spacial score (nSPS) is 15.6. The fraction of sp³-hybridized carbons (Fsp3) is 0.449.